The van der Waals surface area contributed by atoms with Gasteiger partial charge in [0.2, 0.25) is 11.0 Å². The zero-order valence-electron chi connectivity index (χ0n) is 12.1. The average molecular weight is 333 g/mol. The van der Waals surface area contributed by atoms with Crippen molar-refractivity contribution in [1.82, 2.24) is 20.4 Å². The molecule has 0 saturated carbocycles. The van der Waals surface area contributed by atoms with E-state index in [9.17, 15) is 9.59 Å². The highest BCUT2D eigenvalue weighted by Gasteiger charge is 2.26. The topological polar surface area (TPSA) is 110 Å². The summed E-state index contributed by atoms with van der Waals surface area (Å²) in [6.45, 7) is 0.658. The van der Waals surface area contributed by atoms with E-state index in [0.717, 1.165) is 5.56 Å². The van der Waals surface area contributed by atoms with Crippen LogP contribution in [0.15, 0.2) is 30.3 Å². The smallest absolute Gasteiger partial charge is 0.410 e. The summed E-state index contributed by atoms with van der Waals surface area (Å²) in [5.74, 6) is -0.300. The molecule has 1 aromatic carbocycles. The molecule has 1 fully saturated rings. The first-order valence-electron chi connectivity index (χ1n) is 6.98. The molecule has 1 aliphatic rings. The van der Waals surface area contributed by atoms with Gasteiger partial charge in [0.25, 0.3) is 0 Å². The second-order valence-electron chi connectivity index (χ2n) is 4.93. The van der Waals surface area contributed by atoms with E-state index in [0.29, 0.717) is 23.3 Å². The number of carbonyl (C=O) groups excluding carboxylic acids is 2. The SMILES string of the molecule is Nc1nnc(C(NC(=O)CN2CCOC2=O)c2ccccc2)s1. The molecule has 1 aromatic heterocycles. The van der Waals surface area contributed by atoms with Crippen LogP contribution in [0.2, 0.25) is 0 Å². The van der Waals surface area contributed by atoms with E-state index in [1.165, 1.54) is 16.2 Å². The van der Waals surface area contributed by atoms with Crippen LogP contribution >= 0.6 is 11.3 Å². The Hall–Kier alpha value is -2.68. The minimum absolute atomic E-state index is 0.0591. The lowest BCUT2D eigenvalue weighted by molar-refractivity contribution is -0.122. The summed E-state index contributed by atoms with van der Waals surface area (Å²) < 4.78 is 4.81. The summed E-state index contributed by atoms with van der Waals surface area (Å²) in [6.07, 6.45) is -0.475. The zero-order chi connectivity index (χ0) is 16.2. The molecule has 3 rings (SSSR count). The van der Waals surface area contributed by atoms with Crippen LogP contribution in [0.3, 0.4) is 0 Å². The van der Waals surface area contributed by atoms with Crippen molar-refractivity contribution in [3.05, 3.63) is 40.9 Å². The van der Waals surface area contributed by atoms with Gasteiger partial charge in [-0.05, 0) is 5.56 Å². The summed E-state index contributed by atoms with van der Waals surface area (Å²) >= 11 is 1.21. The number of nitrogens with zero attached hydrogens (tertiary/aromatic N) is 3. The number of cyclic esters (lactones) is 1. The number of nitrogen functional groups attached to an aromatic ring is 1. The lowest BCUT2D eigenvalue weighted by Crippen LogP contribution is -2.39. The fraction of sp³-hybridized carbons (Fsp3) is 0.286. The number of amides is 2. The maximum absolute atomic E-state index is 12.3. The Bertz CT molecular complexity index is 705. The van der Waals surface area contributed by atoms with Crippen LogP contribution in [0.5, 0.6) is 0 Å². The molecule has 0 spiro atoms. The number of aromatic nitrogens is 2. The van der Waals surface area contributed by atoms with Gasteiger partial charge < -0.3 is 15.8 Å². The first-order valence-corrected chi connectivity index (χ1v) is 7.80. The first-order chi connectivity index (χ1) is 11.1. The van der Waals surface area contributed by atoms with Gasteiger partial charge in [0.05, 0.1) is 6.54 Å². The zero-order valence-corrected chi connectivity index (χ0v) is 13.0. The van der Waals surface area contributed by atoms with Crippen molar-refractivity contribution in [1.29, 1.82) is 0 Å². The lowest BCUT2D eigenvalue weighted by atomic mass is 10.1. The summed E-state index contributed by atoms with van der Waals surface area (Å²) in [4.78, 5) is 25.1. The van der Waals surface area contributed by atoms with Crippen LogP contribution in [0.25, 0.3) is 0 Å². The normalized spacial score (nSPS) is 15.3. The maximum Gasteiger partial charge on any atom is 0.410 e. The van der Waals surface area contributed by atoms with Gasteiger partial charge >= 0.3 is 6.09 Å². The molecule has 2 aromatic rings. The van der Waals surface area contributed by atoms with Gasteiger partial charge in [-0.25, -0.2) is 4.79 Å². The van der Waals surface area contributed by atoms with E-state index in [1.54, 1.807) is 0 Å². The van der Waals surface area contributed by atoms with E-state index in [2.05, 4.69) is 15.5 Å². The van der Waals surface area contributed by atoms with Crippen LogP contribution in [0, 0.1) is 0 Å². The van der Waals surface area contributed by atoms with Crippen molar-refractivity contribution in [2.24, 2.45) is 0 Å². The molecule has 23 heavy (non-hydrogen) atoms. The number of ether oxygens (including phenoxy) is 1. The van der Waals surface area contributed by atoms with Gasteiger partial charge in [0.1, 0.15) is 24.2 Å². The molecular weight excluding hydrogens is 318 g/mol. The fourth-order valence-corrected chi connectivity index (χ4v) is 2.94. The summed E-state index contributed by atoms with van der Waals surface area (Å²) in [6, 6.07) is 8.93. The number of hydrogen-bond donors (Lipinski definition) is 2. The van der Waals surface area contributed by atoms with Gasteiger partial charge in [-0.3, -0.25) is 9.69 Å². The molecule has 8 nitrogen and oxygen atoms in total. The van der Waals surface area contributed by atoms with Gasteiger partial charge in [-0.1, -0.05) is 41.7 Å². The minimum Gasteiger partial charge on any atom is -0.448 e. The third-order valence-corrected chi connectivity index (χ3v) is 4.14. The van der Waals surface area contributed by atoms with Crippen molar-refractivity contribution >= 4 is 28.5 Å². The van der Waals surface area contributed by atoms with Crippen molar-refractivity contribution in [2.75, 3.05) is 25.4 Å². The molecule has 2 amide bonds. The highest BCUT2D eigenvalue weighted by atomic mass is 32.1. The Kier molecular flexibility index (Phi) is 4.38. The van der Waals surface area contributed by atoms with Crippen molar-refractivity contribution < 1.29 is 14.3 Å². The van der Waals surface area contributed by atoms with E-state index < -0.39 is 12.1 Å². The van der Waals surface area contributed by atoms with Crippen LogP contribution in [0.4, 0.5) is 9.93 Å². The van der Waals surface area contributed by atoms with Crippen molar-refractivity contribution in [3.8, 4) is 0 Å². The number of nitrogens with two attached hydrogens (primary N) is 1. The Morgan fingerprint density at radius 3 is 2.78 bits per heavy atom. The largest absolute Gasteiger partial charge is 0.448 e. The van der Waals surface area contributed by atoms with Crippen molar-refractivity contribution in [3.63, 3.8) is 0 Å². The number of hydrogen-bond acceptors (Lipinski definition) is 7. The molecule has 120 valence electrons. The number of anilines is 1. The van der Waals surface area contributed by atoms with Gasteiger partial charge in [0, 0.05) is 0 Å². The predicted octanol–water partition coefficient (Wildman–Crippen LogP) is 0.778. The van der Waals surface area contributed by atoms with Gasteiger partial charge in [0.15, 0.2) is 0 Å². The molecule has 9 heteroatoms. The van der Waals surface area contributed by atoms with Crippen LogP contribution in [-0.2, 0) is 9.53 Å². The Morgan fingerprint density at radius 2 is 2.17 bits per heavy atom. The molecule has 0 aliphatic carbocycles. The van der Waals surface area contributed by atoms with Gasteiger partial charge in [-0.2, -0.15) is 0 Å². The highest BCUT2D eigenvalue weighted by molar-refractivity contribution is 7.15. The molecule has 0 bridgehead atoms. The summed E-state index contributed by atoms with van der Waals surface area (Å²) in [5.41, 5.74) is 6.50. The first kappa shape index (κ1) is 15.2. The monoisotopic (exact) mass is 333 g/mol. The quantitative estimate of drug-likeness (QED) is 0.836. The lowest BCUT2D eigenvalue weighted by Gasteiger charge is -2.18. The fourth-order valence-electron chi connectivity index (χ4n) is 2.25. The molecule has 1 atom stereocenters. The van der Waals surface area contributed by atoms with Crippen LogP contribution in [-0.4, -0.2) is 46.8 Å². The Morgan fingerprint density at radius 1 is 1.39 bits per heavy atom. The third kappa shape index (κ3) is 3.57. The Labute approximate surface area is 136 Å². The predicted molar refractivity (Wildman–Crippen MR) is 83.7 cm³/mol. The number of carbonyl (C=O) groups is 2. The molecule has 0 radical (unpaired) electrons. The maximum atomic E-state index is 12.3. The molecular formula is C14H15N5O3S. The second-order valence-corrected chi connectivity index (χ2v) is 5.97. The van der Waals surface area contributed by atoms with Crippen LogP contribution in [0.1, 0.15) is 16.6 Å². The third-order valence-electron chi connectivity index (χ3n) is 3.32. The molecule has 1 saturated heterocycles. The molecule has 1 unspecified atom stereocenters. The number of nitrogens with one attached hydrogen (secondary N) is 1. The number of benzene rings is 1. The van der Waals surface area contributed by atoms with E-state index in [-0.39, 0.29) is 12.5 Å². The Balaban J connectivity index is 1.76. The summed E-state index contributed by atoms with van der Waals surface area (Å²) in [7, 11) is 0. The molecule has 3 N–H and O–H groups in total. The highest BCUT2D eigenvalue weighted by Crippen LogP contribution is 2.25. The van der Waals surface area contributed by atoms with Gasteiger partial charge in [-0.15, -0.1) is 10.2 Å². The average Bonchev–Trinajstić information content (AvgIpc) is 3.15. The summed E-state index contributed by atoms with van der Waals surface area (Å²) in [5, 5.41) is 11.6. The van der Waals surface area contributed by atoms with Crippen LogP contribution < -0.4 is 11.1 Å². The van der Waals surface area contributed by atoms with E-state index in [1.807, 2.05) is 30.3 Å². The van der Waals surface area contributed by atoms with Crippen molar-refractivity contribution in [2.45, 2.75) is 6.04 Å². The minimum atomic E-state index is -0.475. The second kappa shape index (κ2) is 6.61. The molecule has 1 aliphatic heterocycles. The standard InChI is InChI=1S/C14H15N5O3S/c15-13-18-17-12(23-13)11(9-4-2-1-3-5-9)16-10(20)8-19-6-7-22-14(19)21/h1-5,11H,6-8H2,(H2,15,18)(H,16,20). The van der Waals surface area contributed by atoms with E-state index >= 15 is 0 Å². The molecule has 2 heterocycles. The van der Waals surface area contributed by atoms with E-state index in [4.69, 9.17) is 10.5 Å². The number of rotatable bonds is 5.